The molecule has 1 aromatic carbocycles. The molecule has 128 valence electrons. The molecule has 0 saturated carbocycles. The molecule has 0 aliphatic carbocycles. The molecular weight excluding hydrogens is 326 g/mol. The largest absolute Gasteiger partial charge is 0.504 e. The van der Waals surface area contributed by atoms with Crippen molar-refractivity contribution in [1.29, 1.82) is 0 Å². The van der Waals surface area contributed by atoms with Crippen molar-refractivity contribution in [2.24, 2.45) is 0 Å². The number of nitrogens with zero attached hydrogens (tertiary/aromatic N) is 1. The molecule has 6 heteroatoms. The minimum Gasteiger partial charge on any atom is -0.504 e. The van der Waals surface area contributed by atoms with Crippen molar-refractivity contribution in [1.82, 2.24) is 4.90 Å². The number of hydrogen-bond donors (Lipinski definition) is 1. The highest BCUT2D eigenvalue weighted by atomic mass is 32.2. The highest BCUT2D eigenvalue weighted by molar-refractivity contribution is 8.18. The van der Waals surface area contributed by atoms with Crippen LogP contribution in [0.5, 0.6) is 11.5 Å². The van der Waals surface area contributed by atoms with E-state index in [1.165, 1.54) is 12.0 Å². The van der Waals surface area contributed by atoms with E-state index in [4.69, 9.17) is 4.74 Å². The first-order chi connectivity index (χ1) is 11.4. The summed E-state index contributed by atoms with van der Waals surface area (Å²) in [6.07, 6.45) is 4.51. The van der Waals surface area contributed by atoms with E-state index in [2.05, 4.69) is 6.58 Å². The van der Waals surface area contributed by atoms with Crippen LogP contribution in [0.1, 0.15) is 31.4 Å². The first kappa shape index (κ1) is 18.1. The van der Waals surface area contributed by atoms with Crippen molar-refractivity contribution in [3.05, 3.63) is 40.8 Å². The molecule has 24 heavy (non-hydrogen) atoms. The Morgan fingerprint density at radius 3 is 2.71 bits per heavy atom. The standard InChI is InChI=1S/C18H21NO4S/c1-5-7-13-8-12(9-14(23-4)16(13)20)10-15-17(21)19(11(3)6-2)18(22)24-15/h5,8-11,20H,1,6-7H2,2-4H3/b15-10-/t11-/m0/s1. The van der Waals surface area contributed by atoms with Crippen LogP contribution in [0.25, 0.3) is 6.08 Å². The molecule has 5 nitrogen and oxygen atoms in total. The number of hydrogen-bond acceptors (Lipinski definition) is 5. The van der Waals surface area contributed by atoms with E-state index in [-0.39, 0.29) is 22.9 Å². The first-order valence-electron chi connectivity index (χ1n) is 7.70. The second-order valence-corrected chi connectivity index (χ2v) is 6.53. The van der Waals surface area contributed by atoms with Crippen LogP contribution >= 0.6 is 11.8 Å². The number of thioether (sulfide) groups is 1. The summed E-state index contributed by atoms with van der Waals surface area (Å²) in [5.41, 5.74) is 1.34. The monoisotopic (exact) mass is 347 g/mol. The van der Waals surface area contributed by atoms with Crippen LogP contribution in [0.2, 0.25) is 0 Å². The normalized spacial score (nSPS) is 17.5. The molecule has 1 saturated heterocycles. The summed E-state index contributed by atoms with van der Waals surface area (Å²) in [4.78, 5) is 26.2. The molecule has 1 heterocycles. The highest BCUT2D eigenvalue weighted by Gasteiger charge is 2.37. The van der Waals surface area contributed by atoms with Crippen molar-refractivity contribution in [2.75, 3.05) is 7.11 Å². The number of benzene rings is 1. The third-order valence-corrected chi connectivity index (χ3v) is 4.80. The summed E-state index contributed by atoms with van der Waals surface area (Å²) in [6, 6.07) is 3.27. The average molecular weight is 347 g/mol. The number of allylic oxidation sites excluding steroid dienone is 1. The minimum atomic E-state index is -0.281. The van der Waals surface area contributed by atoms with Crippen LogP contribution in [0.3, 0.4) is 0 Å². The zero-order valence-electron chi connectivity index (χ0n) is 14.0. The molecule has 1 aliphatic heterocycles. The number of phenolic OH excluding ortho intramolecular Hbond substituents is 1. The Morgan fingerprint density at radius 2 is 2.12 bits per heavy atom. The first-order valence-corrected chi connectivity index (χ1v) is 8.52. The van der Waals surface area contributed by atoms with Gasteiger partial charge < -0.3 is 9.84 Å². The van der Waals surface area contributed by atoms with Gasteiger partial charge in [-0.1, -0.05) is 13.0 Å². The topological polar surface area (TPSA) is 66.8 Å². The zero-order valence-corrected chi connectivity index (χ0v) is 14.9. The van der Waals surface area contributed by atoms with Gasteiger partial charge in [-0.2, -0.15) is 0 Å². The quantitative estimate of drug-likeness (QED) is 0.623. The molecule has 0 spiro atoms. The summed E-state index contributed by atoms with van der Waals surface area (Å²) in [6.45, 7) is 7.46. The predicted octanol–water partition coefficient (Wildman–Crippen LogP) is 3.96. The number of methoxy groups -OCH3 is 1. The van der Waals surface area contributed by atoms with Gasteiger partial charge in [0.2, 0.25) is 0 Å². The van der Waals surface area contributed by atoms with Crippen LogP contribution in [-0.4, -0.2) is 34.3 Å². The fourth-order valence-electron chi connectivity index (χ4n) is 2.43. The summed E-state index contributed by atoms with van der Waals surface area (Å²) in [5.74, 6) is 0.0978. The molecule has 1 aromatic rings. The number of imide groups is 1. The van der Waals surface area contributed by atoms with Gasteiger partial charge in [-0.15, -0.1) is 6.58 Å². The molecule has 1 fully saturated rings. The van der Waals surface area contributed by atoms with Gasteiger partial charge in [-0.3, -0.25) is 14.5 Å². The third kappa shape index (κ3) is 3.48. The van der Waals surface area contributed by atoms with E-state index in [0.29, 0.717) is 34.6 Å². The summed E-state index contributed by atoms with van der Waals surface area (Å²) in [7, 11) is 1.47. The molecule has 0 bridgehead atoms. The summed E-state index contributed by atoms with van der Waals surface area (Å²) < 4.78 is 5.18. The number of carbonyl (C=O) groups excluding carboxylic acids is 2. The maximum Gasteiger partial charge on any atom is 0.293 e. The van der Waals surface area contributed by atoms with Crippen LogP contribution < -0.4 is 4.74 Å². The van der Waals surface area contributed by atoms with Gasteiger partial charge in [0, 0.05) is 11.6 Å². The van der Waals surface area contributed by atoms with Crippen molar-refractivity contribution >= 4 is 29.0 Å². The Labute approximate surface area is 146 Å². The lowest BCUT2D eigenvalue weighted by Crippen LogP contribution is -2.36. The van der Waals surface area contributed by atoms with E-state index in [0.717, 1.165) is 11.8 Å². The van der Waals surface area contributed by atoms with Gasteiger partial charge in [-0.05, 0) is 55.3 Å². The van der Waals surface area contributed by atoms with E-state index in [1.807, 2.05) is 13.8 Å². The van der Waals surface area contributed by atoms with Crippen LogP contribution in [-0.2, 0) is 11.2 Å². The van der Waals surface area contributed by atoms with E-state index in [9.17, 15) is 14.7 Å². The van der Waals surface area contributed by atoms with Crippen LogP contribution in [0.15, 0.2) is 29.7 Å². The van der Waals surface area contributed by atoms with Gasteiger partial charge in [0.05, 0.1) is 12.0 Å². The molecule has 1 N–H and O–H groups in total. The van der Waals surface area contributed by atoms with Gasteiger partial charge in [0.15, 0.2) is 11.5 Å². The second kappa shape index (κ2) is 7.57. The van der Waals surface area contributed by atoms with Crippen molar-refractivity contribution in [2.45, 2.75) is 32.7 Å². The Morgan fingerprint density at radius 1 is 1.42 bits per heavy atom. The molecule has 0 aromatic heterocycles. The van der Waals surface area contributed by atoms with Crippen LogP contribution in [0, 0.1) is 0 Å². The van der Waals surface area contributed by atoms with E-state index >= 15 is 0 Å². The van der Waals surface area contributed by atoms with Gasteiger partial charge in [0.1, 0.15) is 0 Å². The second-order valence-electron chi connectivity index (χ2n) is 5.53. The minimum absolute atomic E-state index is 0.0576. The maximum absolute atomic E-state index is 12.5. The van der Waals surface area contributed by atoms with Crippen molar-refractivity contribution in [3.8, 4) is 11.5 Å². The van der Waals surface area contributed by atoms with Gasteiger partial charge >= 0.3 is 0 Å². The summed E-state index contributed by atoms with van der Waals surface area (Å²) >= 11 is 0.932. The fourth-order valence-corrected chi connectivity index (χ4v) is 3.36. The Bertz CT molecular complexity index is 711. The van der Waals surface area contributed by atoms with E-state index < -0.39 is 0 Å². The lowest BCUT2D eigenvalue weighted by atomic mass is 10.0. The van der Waals surface area contributed by atoms with Crippen molar-refractivity contribution < 1.29 is 19.4 Å². The molecule has 2 rings (SSSR count). The fraction of sp³-hybridized carbons (Fsp3) is 0.333. The zero-order chi connectivity index (χ0) is 17.9. The Hall–Kier alpha value is -2.21. The molecule has 0 radical (unpaired) electrons. The summed E-state index contributed by atoms with van der Waals surface area (Å²) in [5, 5.41) is 9.87. The predicted molar refractivity (Wildman–Crippen MR) is 96.1 cm³/mol. The molecular formula is C18H21NO4S. The van der Waals surface area contributed by atoms with Crippen molar-refractivity contribution in [3.63, 3.8) is 0 Å². The number of carbonyl (C=O) groups is 2. The van der Waals surface area contributed by atoms with E-state index in [1.54, 1.807) is 24.3 Å². The lowest BCUT2D eigenvalue weighted by molar-refractivity contribution is -0.124. The Balaban J connectivity index is 2.41. The highest BCUT2D eigenvalue weighted by Crippen LogP contribution is 2.37. The molecule has 0 unspecified atom stereocenters. The van der Waals surface area contributed by atoms with Crippen LogP contribution in [0.4, 0.5) is 4.79 Å². The average Bonchev–Trinajstić information content (AvgIpc) is 2.83. The SMILES string of the molecule is C=CCc1cc(/C=C2\SC(=O)N([C@@H](C)CC)C2=O)cc(OC)c1O. The molecule has 2 amide bonds. The number of aromatic hydroxyl groups is 1. The van der Waals surface area contributed by atoms with Gasteiger partial charge in [-0.25, -0.2) is 0 Å². The number of phenols is 1. The molecule has 1 atom stereocenters. The Kier molecular flexibility index (Phi) is 5.72. The molecule has 1 aliphatic rings. The maximum atomic E-state index is 12.5. The smallest absolute Gasteiger partial charge is 0.293 e. The number of amides is 2. The number of ether oxygens (including phenoxy) is 1. The lowest BCUT2D eigenvalue weighted by Gasteiger charge is -2.19. The number of rotatable bonds is 6. The third-order valence-electron chi connectivity index (χ3n) is 3.91. The van der Waals surface area contributed by atoms with Gasteiger partial charge in [0.25, 0.3) is 11.1 Å².